The third-order valence-electron chi connectivity index (χ3n) is 3.63. The van der Waals surface area contributed by atoms with Crippen LogP contribution in [0.3, 0.4) is 0 Å². The first-order valence-corrected chi connectivity index (χ1v) is 6.41. The van der Waals surface area contributed by atoms with Gasteiger partial charge in [0.2, 0.25) is 0 Å². The molecule has 1 heteroatoms. The lowest BCUT2D eigenvalue weighted by Crippen LogP contribution is -2.27. The molecule has 0 aromatic rings. The van der Waals surface area contributed by atoms with Crippen molar-refractivity contribution in [3.05, 3.63) is 0 Å². The fraction of sp³-hybridized carbons (Fsp3) is 1.00. The minimum absolute atomic E-state index is 0.670. The quantitative estimate of drug-likeness (QED) is 0.627. The highest BCUT2D eigenvalue weighted by molar-refractivity contribution is 4.90. The van der Waals surface area contributed by atoms with Crippen molar-refractivity contribution >= 4 is 0 Å². The second-order valence-corrected chi connectivity index (χ2v) is 5.36. The lowest BCUT2D eigenvalue weighted by Gasteiger charge is -2.17. The third-order valence-corrected chi connectivity index (χ3v) is 3.63. The van der Waals surface area contributed by atoms with Gasteiger partial charge in [-0.1, -0.05) is 40.0 Å². The highest BCUT2D eigenvalue weighted by Crippen LogP contribution is 2.44. The van der Waals surface area contributed by atoms with Crippen LogP contribution in [0.15, 0.2) is 0 Å². The standard InChI is InChI=1S/C13H27N/c1-4-6-7-12(5-2)10-14-11-13(3)8-9-13/h12,14H,4-11H2,1-3H3. The van der Waals surface area contributed by atoms with Gasteiger partial charge in [0.15, 0.2) is 0 Å². The molecule has 0 aromatic carbocycles. The highest BCUT2D eigenvalue weighted by atomic mass is 14.9. The Labute approximate surface area is 89.7 Å². The van der Waals surface area contributed by atoms with Crippen molar-refractivity contribution in [2.24, 2.45) is 11.3 Å². The Morgan fingerprint density at radius 2 is 2.00 bits per heavy atom. The summed E-state index contributed by atoms with van der Waals surface area (Å²) in [6.45, 7) is 9.49. The number of unbranched alkanes of at least 4 members (excludes halogenated alkanes) is 1. The minimum Gasteiger partial charge on any atom is -0.316 e. The van der Waals surface area contributed by atoms with Crippen LogP contribution >= 0.6 is 0 Å². The second-order valence-electron chi connectivity index (χ2n) is 5.36. The first-order valence-electron chi connectivity index (χ1n) is 6.41. The summed E-state index contributed by atoms with van der Waals surface area (Å²) < 4.78 is 0. The van der Waals surface area contributed by atoms with Gasteiger partial charge in [0.25, 0.3) is 0 Å². The predicted octanol–water partition coefficient (Wildman–Crippen LogP) is 3.59. The van der Waals surface area contributed by atoms with Crippen LogP contribution in [0.4, 0.5) is 0 Å². The fourth-order valence-corrected chi connectivity index (χ4v) is 1.91. The van der Waals surface area contributed by atoms with E-state index in [1.54, 1.807) is 0 Å². The monoisotopic (exact) mass is 197 g/mol. The SMILES string of the molecule is CCCCC(CC)CNCC1(C)CC1. The average Bonchev–Trinajstić information content (AvgIpc) is 2.90. The Bertz CT molecular complexity index is 149. The first-order chi connectivity index (χ1) is 6.70. The number of nitrogens with one attached hydrogen (secondary N) is 1. The molecule has 1 saturated carbocycles. The molecule has 84 valence electrons. The van der Waals surface area contributed by atoms with Crippen molar-refractivity contribution in [2.75, 3.05) is 13.1 Å². The molecule has 1 rings (SSSR count). The van der Waals surface area contributed by atoms with Crippen LogP contribution in [-0.2, 0) is 0 Å². The molecule has 0 saturated heterocycles. The van der Waals surface area contributed by atoms with E-state index >= 15 is 0 Å². The van der Waals surface area contributed by atoms with Crippen molar-refractivity contribution in [1.29, 1.82) is 0 Å². The van der Waals surface area contributed by atoms with E-state index in [4.69, 9.17) is 0 Å². The lowest BCUT2D eigenvalue weighted by atomic mass is 9.99. The molecule has 1 fully saturated rings. The molecule has 1 N–H and O–H groups in total. The zero-order valence-electron chi connectivity index (χ0n) is 10.2. The van der Waals surface area contributed by atoms with E-state index in [9.17, 15) is 0 Å². The van der Waals surface area contributed by atoms with Gasteiger partial charge in [0.1, 0.15) is 0 Å². The Morgan fingerprint density at radius 1 is 1.29 bits per heavy atom. The van der Waals surface area contributed by atoms with Crippen LogP contribution in [-0.4, -0.2) is 13.1 Å². The van der Waals surface area contributed by atoms with E-state index < -0.39 is 0 Å². The molecule has 0 aromatic heterocycles. The van der Waals surface area contributed by atoms with Gasteiger partial charge in [-0.2, -0.15) is 0 Å². The maximum Gasteiger partial charge on any atom is 0.000528 e. The number of hydrogen-bond acceptors (Lipinski definition) is 1. The van der Waals surface area contributed by atoms with E-state index in [0.717, 1.165) is 5.92 Å². The lowest BCUT2D eigenvalue weighted by molar-refractivity contribution is 0.394. The number of hydrogen-bond donors (Lipinski definition) is 1. The summed E-state index contributed by atoms with van der Waals surface area (Å²) in [6.07, 6.45) is 8.36. The van der Waals surface area contributed by atoms with Crippen LogP contribution in [0.2, 0.25) is 0 Å². The van der Waals surface area contributed by atoms with Crippen LogP contribution < -0.4 is 5.32 Å². The van der Waals surface area contributed by atoms with E-state index in [1.807, 2.05) is 0 Å². The molecule has 0 aliphatic heterocycles. The third kappa shape index (κ3) is 4.45. The Hall–Kier alpha value is -0.0400. The van der Waals surface area contributed by atoms with Crippen LogP contribution in [0, 0.1) is 11.3 Å². The van der Waals surface area contributed by atoms with Gasteiger partial charge in [-0.05, 0) is 37.1 Å². The van der Waals surface area contributed by atoms with Gasteiger partial charge in [-0.3, -0.25) is 0 Å². The first kappa shape index (κ1) is 12.0. The maximum atomic E-state index is 3.65. The minimum atomic E-state index is 0.670. The Kier molecular flexibility index (Phi) is 4.94. The molecule has 1 aliphatic rings. The average molecular weight is 197 g/mol. The zero-order chi connectivity index (χ0) is 10.4. The van der Waals surface area contributed by atoms with Gasteiger partial charge in [-0.25, -0.2) is 0 Å². The smallest absolute Gasteiger partial charge is 0.000528 e. The van der Waals surface area contributed by atoms with Crippen LogP contribution in [0.5, 0.6) is 0 Å². The Morgan fingerprint density at radius 3 is 2.50 bits per heavy atom. The summed E-state index contributed by atoms with van der Waals surface area (Å²) in [4.78, 5) is 0. The summed E-state index contributed by atoms with van der Waals surface area (Å²) in [5.41, 5.74) is 0.670. The summed E-state index contributed by atoms with van der Waals surface area (Å²) in [5, 5.41) is 3.65. The van der Waals surface area contributed by atoms with Gasteiger partial charge in [-0.15, -0.1) is 0 Å². The number of rotatable bonds is 8. The fourth-order valence-electron chi connectivity index (χ4n) is 1.91. The molecule has 1 unspecified atom stereocenters. The molecule has 1 aliphatic carbocycles. The van der Waals surface area contributed by atoms with Crippen molar-refractivity contribution in [1.82, 2.24) is 5.32 Å². The summed E-state index contributed by atoms with van der Waals surface area (Å²) in [5.74, 6) is 0.914. The molecule has 0 bridgehead atoms. The molecule has 0 radical (unpaired) electrons. The molecule has 0 heterocycles. The van der Waals surface area contributed by atoms with Gasteiger partial charge in [0, 0.05) is 6.54 Å². The largest absolute Gasteiger partial charge is 0.316 e. The van der Waals surface area contributed by atoms with E-state index in [1.165, 1.54) is 51.6 Å². The van der Waals surface area contributed by atoms with Crippen LogP contribution in [0.25, 0.3) is 0 Å². The molecular formula is C13H27N. The topological polar surface area (TPSA) is 12.0 Å². The predicted molar refractivity (Wildman–Crippen MR) is 63.5 cm³/mol. The van der Waals surface area contributed by atoms with Crippen molar-refractivity contribution in [3.63, 3.8) is 0 Å². The van der Waals surface area contributed by atoms with Crippen molar-refractivity contribution < 1.29 is 0 Å². The van der Waals surface area contributed by atoms with Crippen molar-refractivity contribution in [3.8, 4) is 0 Å². The van der Waals surface area contributed by atoms with Crippen LogP contribution in [0.1, 0.15) is 59.3 Å². The summed E-state index contributed by atoms with van der Waals surface area (Å²) in [6, 6.07) is 0. The molecular weight excluding hydrogens is 170 g/mol. The molecule has 0 amide bonds. The summed E-state index contributed by atoms with van der Waals surface area (Å²) in [7, 11) is 0. The van der Waals surface area contributed by atoms with Gasteiger partial charge >= 0.3 is 0 Å². The van der Waals surface area contributed by atoms with Gasteiger partial charge < -0.3 is 5.32 Å². The normalized spacial score (nSPS) is 20.8. The molecule has 0 spiro atoms. The molecule has 14 heavy (non-hydrogen) atoms. The Balaban J connectivity index is 2.01. The highest BCUT2D eigenvalue weighted by Gasteiger charge is 2.36. The summed E-state index contributed by atoms with van der Waals surface area (Å²) >= 11 is 0. The van der Waals surface area contributed by atoms with E-state index in [0.29, 0.717) is 5.41 Å². The second kappa shape index (κ2) is 5.75. The van der Waals surface area contributed by atoms with Gasteiger partial charge in [0.05, 0.1) is 0 Å². The molecule has 1 nitrogen and oxygen atoms in total. The van der Waals surface area contributed by atoms with E-state index in [2.05, 4.69) is 26.1 Å². The maximum absolute atomic E-state index is 3.65. The van der Waals surface area contributed by atoms with Crippen molar-refractivity contribution in [2.45, 2.75) is 59.3 Å². The molecule has 1 atom stereocenters. The zero-order valence-corrected chi connectivity index (χ0v) is 10.2. The van der Waals surface area contributed by atoms with E-state index in [-0.39, 0.29) is 0 Å².